The third-order valence-corrected chi connectivity index (χ3v) is 2.94. The van der Waals surface area contributed by atoms with Crippen molar-refractivity contribution in [3.63, 3.8) is 0 Å². The zero-order valence-electron chi connectivity index (χ0n) is 12.2. The molecule has 1 atom stereocenters. The molecule has 4 heteroatoms. The van der Waals surface area contributed by atoms with Crippen LogP contribution in [-0.4, -0.2) is 31.9 Å². The summed E-state index contributed by atoms with van der Waals surface area (Å²) in [7, 11) is 1.63. The second-order valence-electron chi connectivity index (χ2n) is 5.19. The monoisotopic (exact) mass is 269 g/mol. The number of methoxy groups -OCH3 is 1. The molecule has 0 radical (unpaired) electrons. The molecule has 0 heterocycles. The summed E-state index contributed by atoms with van der Waals surface area (Å²) >= 11 is 0. The van der Waals surface area contributed by atoms with Crippen LogP contribution < -0.4 is 4.90 Å². The fourth-order valence-electron chi connectivity index (χ4n) is 2.14. The Bertz CT molecular complexity index is 394. The molecule has 0 bridgehead atoms. The maximum atomic E-state index is 14.1. The van der Waals surface area contributed by atoms with E-state index in [1.165, 1.54) is 6.07 Å². The largest absolute Gasteiger partial charge is 0.389 e. The maximum absolute atomic E-state index is 14.1. The van der Waals surface area contributed by atoms with Crippen LogP contribution in [0.5, 0.6) is 0 Å². The van der Waals surface area contributed by atoms with Gasteiger partial charge in [-0.1, -0.05) is 26.0 Å². The molecule has 3 nitrogen and oxygen atoms in total. The highest BCUT2D eigenvalue weighted by atomic mass is 19.1. The van der Waals surface area contributed by atoms with Crippen LogP contribution in [0.1, 0.15) is 32.4 Å². The molecule has 0 fully saturated rings. The maximum Gasteiger partial charge on any atom is 0.146 e. The lowest BCUT2D eigenvalue weighted by Gasteiger charge is -2.29. The molecule has 1 aromatic carbocycles. The summed E-state index contributed by atoms with van der Waals surface area (Å²) in [6.07, 6.45) is -0.692. The van der Waals surface area contributed by atoms with Crippen molar-refractivity contribution in [3.8, 4) is 0 Å². The number of hydrogen-bond acceptors (Lipinski definition) is 3. The second-order valence-corrected chi connectivity index (χ2v) is 5.19. The van der Waals surface area contributed by atoms with Crippen LogP contribution in [0.3, 0.4) is 0 Å². The van der Waals surface area contributed by atoms with Gasteiger partial charge in [-0.05, 0) is 18.9 Å². The number of benzene rings is 1. The minimum atomic E-state index is -0.692. The van der Waals surface area contributed by atoms with E-state index in [2.05, 4.69) is 13.8 Å². The quantitative estimate of drug-likeness (QED) is 0.826. The summed E-state index contributed by atoms with van der Waals surface area (Å²) in [6.45, 7) is 7.69. The number of nitrogens with zero attached hydrogens (tertiary/aromatic N) is 1. The first-order chi connectivity index (χ1) is 8.97. The van der Waals surface area contributed by atoms with Gasteiger partial charge in [-0.3, -0.25) is 0 Å². The molecule has 0 aliphatic rings. The Morgan fingerprint density at radius 3 is 2.53 bits per heavy atom. The Labute approximate surface area is 115 Å². The summed E-state index contributed by atoms with van der Waals surface area (Å²) < 4.78 is 19.2. The topological polar surface area (TPSA) is 32.7 Å². The first kappa shape index (κ1) is 15.9. The van der Waals surface area contributed by atoms with Gasteiger partial charge in [0.25, 0.3) is 0 Å². The van der Waals surface area contributed by atoms with Crippen molar-refractivity contribution in [3.05, 3.63) is 29.6 Å². The van der Waals surface area contributed by atoms with Gasteiger partial charge < -0.3 is 14.7 Å². The smallest absolute Gasteiger partial charge is 0.146 e. The average molecular weight is 269 g/mol. The highest BCUT2D eigenvalue weighted by Crippen LogP contribution is 2.29. The molecule has 1 rings (SSSR count). The van der Waals surface area contributed by atoms with Gasteiger partial charge in [0.15, 0.2) is 0 Å². The zero-order chi connectivity index (χ0) is 14.4. The lowest BCUT2D eigenvalue weighted by Crippen LogP contribution is -2.32. The van der Waals surface area contributed by atoms with E-state index in [1.54, 1.807) is 26.2 Å². The SMILES string of the molecule is COCCN(CC(C)C)c1c(F)cccc1[C@@H](C)O. The van der Waals surface area contributed by atoms with Crippen molar-refractivity contribution in [1.29, 1.82) is 0 Å². The van der Waals surface area contributed by atoms with Crippen molar-refractivity contribution >= 4 is 5.69 Å². The van der Waals surface area contributed by atoms with E-state index in [1.807, 2.05) is 4.90 Å². The number of aliphatic hydroxyl groups is 1. The van der Waals surface area contributed by atoms with Crippen molar-refractivity contribution < 1.29 is 14.2 Å². The highest BCUT2D eigenvalue weighted by Gasteiger charge is 2.19. The van der Waals surface area contributed by atoms with Gasteiger partial charge in [-0.25, -0.2) is 4.39 Å². The minimum Gasteiger partial charge on any atom is -0.389 e. The van der Waals surface area contributed by atoms with Crippen molar-refractivity contribution in [1.82, 2.24) is 0 Å². The van der Waals surface area contributed by atoms with E-state index in [0.717, 1.165) is 6.54 Å². The lowest BCUT2D eigenvalue weighted by atomic mass is 10.1. The number of rotatable bonds is 7. The summed E-state index contributed by atoms with van der Waals surface area (Å²) in [5, 5.41) is 9.81. The summed E-state index contributed by atoms with van der Waals surface area (Å²) in [6, 6.07) is 4.83. The molecular weight excluding hydrogens is 245 g/mol. The lowest BCUT2D eigenvalue weighted by molar-refractivity contribution is 0.196. The normalized spacial score (nSPS) is 12.8. The third kappa shape index (κ3) is 4.48. The molecule has 108 valence electrons. The van der Waals surface area contributed by atoms with Crippen molar-refractivity contribution in [2.75, 3.05) is 31.7 Å². The Morgan fingerprint density at radius 1 is 1.32 bits per heavy atom. The second kappa shape index (κ2) is 7.46. The van der Waals surface area contributed by atoms with Gasteiger partial charge >= 0.3 is 0 Å². The van der Waals surface area contributed by atoms with Crippen LogP contribution in [0.25, 0.3) is 0 Å². The summed E-state index contributed by atoms with van der Waals surface area (Å²) in [5.74, 6) is 0.105. The number of halogens is 1. The Hall–Kier alpha value is -1.13. The van der Waals surface area contributed by atoms with Gasteiger partial charge in [-0.2, -0.15) is 0 Å². The standard InChI is InChI=1S/C15H24FNO2/c1-11(2)10-17(8-9-19-4)15-13(12(3)18)6-5-7-14(15)16/h5-7,11-12,18H,8-10H2,1-4H3/t12-/m1/s1. The molecule has 0 saturated carbocycles. The molecule has 0 spiro atoms. The van der Waals surface area contributed by atoms with Crippen molar-refractivity contribution in [2.24, 2.45) is 5.92 Å². The van der Waals surface area contributed by atoms with Crippen LogP contribution in [0.15, 0.2) is 18.2 Å². The molecule has 0 aliphatic carbocycles. The van der Waals surface area contributed by atoms with Crippen LogP contribution in [0.2, 0.25) is 0 Å². The Balaban J connectivity index is 3.12. The van der Waals surface area contributed by atoms with Gasteiger partial charge in [-0.15, -0.1) is 0 Å². The predicted molar refractivity (Wildman–Crippen MR) is 76.0 cm³/mol. The molecule has 0 unspecified atom stereocenters. The number of ether oxygens (including phenoxy) is 1. The first-order valence-electron chi connectivity index (χ1n) is 6.67. The van der Waals surface area contributed by atoms with Crippen LogP contribution in [0, 0.1) is 11.7 Å². The minimum absolute atomic E-state index is 0.296. The van der Waals surface area contributed by atoms with E-state index < -0.39 is 6.10 Å². The molecule has 0 aromatic heterocycles. The van der Waals surface area contributed by atoms with Crippen LogP contribution in [-0.2, 0) is 4.74 Å². The van der Waals surface area contributed by atoms with E-state index in [4.69, 9.17) is 4.74 Å². The molecule has 19 heavy (non-hydrogen) atoms. The van der Waals surface area contributed by atoms with Gasteiger partial charge in [0.05, 0.1) is 18.4 Å². The number of hydrogen-bond donors (Lipinski definition) is 1. The average Bonchev–Trinajstić information content (AvgIpc) is 2.33. The molecule has 1 aromatic rings. The summed E-state index contributed by atoms with van der Waals surface area (Å²) in [5.41, 5.74) is 1.11. The zero-order valence-corrected chi connectivity index (χ0v) is 12.2. The van der Waals surface area contributed by atoms with E-state index in [9.17, 15) is 9.50 Å². The van der Waals surface area contributed by atoms with Crippen LogP contribution in [0.4, 0.5) is 10.1 Å². The molecule has 0 saturated heterocycles. The van der Waals surface area contributed by atoms with Crippen LogP contribution >= 0.6 is 0 Å². The van der Waals surface area contributed by atoms with E-state index in [-0.39, 0.29) is 5.82 Å². The van der Waals surface area contributed by atoms with Gasteiger partial charge in [0.1, 0.15) is 5.82 Å². The van der Waals surface area contributed by atoms with E-state index >= 15 is 0 Å². The molecule has 1 N–H and O–H groups in total. The first-order valence-corrected chi connectivity index (χ1v) is 6.67. The van der Waals surface area contributed by atoms with E-state index in [0.29, 0.717) is 30.3 Å². The number of anilines is 1. The molecule has 0 aliphatic heterocycles. The third-order valence-electron chi connectivity index (χ3n) is 2.94. The Kier molecular flexibility index (Phi) is 6.25. The number of para-hydroxylation sites is 1. The molecular formula is C15H24FNO2. The fourth-order valence-corrected chi connectivity index (χ4v) is 2.14. The highest BCUT2D eigenvalue weighted by molar-refractivity contribution is 5.55. The predicted octanol–water partition coefficient (Wildman–Crippen LogP) is 2.99. The van der Waals surface area contributed by atoms with Gasteiger partial charge in [0.2, 0.25) is 0 Å². The van der Waals surface area contributed by atoms with Crippen molar-refractivity contribution in [2.45, 2.75) is 26.9 Å². The molecule has 0 amide bonds. The fraction of sp³-hybridized carbons (Fsp3) is 0.600. The summed E-state index contributed by atoms with van der Waals surface area (Å²) in [4.78, 5) is 1.95. The Morgan fingerprint density at radius 2 is 2.00 bits per heavy atom. The van der Waals surface area contributed by atoms with Gasteiger partial charge in [0, 0.05) is 25.8 Å². The number of aliphatic hydroxyl groups excluding tert-OH is 1.